The highest BCUT2D eigenvalue weighted by atomic mass is 16.1. The van der Waals surface area contributed by atoms with Crippen molar-refractivity contribution in [3.63, 3.8) is 0 Å². The molecule has 2 unspecified atom stereocenters. The maximum Gasteiger partial charge on any atom is 0.269 e. The number of nitrogens with one attached hydrogen (secondary N) is 2. The second-order valence-electron chi connectivity index (χ2n) is 5.51. The average molecular weight is 261 g/mol. The Morgan fingerprint density at radius 2 is 2.26 bits per heavy atom. The first-order valence-corrected chi connectivity index (χ1v) is 7.12. The van der Waals surface area contributed by atoms with Crippen LogP contribution in [0.25, 0.3) is 0 Å². The monoisotopic (exact) mass is 261 g/mol. The van der Waals surface area contributed by atoms with Gasteiger partial charge in [-0.1, -0.05) is 25.8 Å². The van der Waals surface area contributed by atoms with E-state index in [0.717, 1.165) is 18.3 Å². The molecule has 1 aromatic heterocycles. The van der Waals surface area contributed by atoms with Gasteiger partial charge in [0.1, 0.15) is 11.5 Å². The first-order chi connectivity index (χ1) is 9.19. The Labute approximate surface area is 115 Å². The fourth-order valence-corrected chi connectivity index (χ4v) is 2.77. The number of carbonyl (C=O) groups excluding carboxylic acids is 1. The van der Waals surface area contributed by atoms with Crippen LogP contribution in [0.1, 0.15) is 43.1 Å². The summed E-state index contributed by atoms with van der Waals surface area (Å²) in [7, 11) is 1.80. The molecule has 1 aliphatic carbocycles. The molecule has 0 bridgehead atoms. The first-order valence-electron chi connectivity index (χ1n) is 7.12. The summed E-state index contributed by atoms with van der Waals surface area (Å²) in [6.07, 6.45) is 5.07. The van der Waals surface area contributed by atoms with Gasteiger partial charge in [-0.25, -0.2) is 4.98 Å². The van der Waals surface area contributed by atoms with E-state index < -0.39 is 0 Å². The molecule has 1 aromatic rings. The third-order valence-electron chi connectivity index (χ3n) is 3.83. The zero-order chi connectivity index (χ0) is 13.7. The predicted molar refractivity (Wildman–Crippen MR) is 77.2 cm³/mol. The Morgan fingerprint density at radius 1 is 1.42 bits per heavy atom. The first kappa shape index (κ1) is 13.8. The number of pyridine rings is 1. The molecule has 1 amide bonds. The van der Waals surface area contributed by atoms with Gasteiger partial charge in [-0.15, -0.1) is 0 Å². The summed E-state index contributed by atoms with van der Waals surface area (Å²) in [6, 6.07) is 5.44. The van der Waals surface area contributed by atoms with Crippen LogP contribution in [0.15, 0.2) is 18.2 Å². The number of carbonyl (C=O) groups is 1. The molecule has 19 heavy (non-hydrogen) atoms. The summed E-state index contributed by atoms with van der Waals surface area (Å²) in [5.74, 6) is 2.07. The Morgan fingerprint density at radius 3 is 3.00 bits per heavy atom. The smallest absolute Gasteiger partial charge is 0.269 e. The molecule has 2 N–H and O–H groups in total. The maximum absolute atomic E-state index is 12.0. The molecule has 4 nitrogen and oxygen atoms in total. The Kier molecular flexibility index (Phi) is 4.77. The summed E-state index contributed by atoms with van der Waals surface area (Å²) >= 11 is 0. The van der Waals surface area contributed by atoms with Crippen molar-refractivity contribution < 1.29 is 4.79 Å². The van der Waals surface area contributed by atoms with Crippen molar-refractivity contribution in [3.8, 4) is 0 Å². The highest BCUT2D eigenvalue weighted by Crippen LogP contribution is 2.27. The molecule has 1 fully saturated rings. The number of hydrogen-bond acceptors (Lipinski definition) is 3. The van der Waals surface area contributed by atoms with E-state index in [-0.39, 0.29) is 5.91 Å². The van der Waals surface area contributed by atoms with Gasteiger partial charge >= 0.3 is 0 Å². The molecular formula is C15H23N3O. The van der Waals surface area contributed by atoms with E-state index in [1.807, 2.05) is 12.1 Å². The van der Waals surface area contributed by atoms with Crippen LogP contribution in [0.4, 0.5) is 5.82 Å². The van der Waals surface area contributed by atoms with Gasteiger partial charge in [-0.05, 0) is 36.8 Å². The predicted octanol–water partition coefficient (Wildman–Crippen LogP) is 2.68. The third-order valence-corrected chi connectivity index (χ3v) is 3.83. The lowest BCUT2D eigenvalue weighted by molar-refractivity contribution is 0.0936. The number of aromatic nitrogens is 1. The fraction of sp³-hybridized carbons (Fsp3) is 0.600. The fourth-order valence-electron chi connectivity index (χ4n) is 2.77. The number of amides is 1. The van der Waals surface area contributed by atoms with Gasteiger partial charge in [0.25, 0.3) is 5.91 Å². The zero-order valence-electron chi connectivity index (χ0n) is 11.8. The number of anilines is 1. The van der Waals surface area contributed by atoms with Crippen LogP contribution in [0, 0.1) is 11.8 Å². The SMILES string of the molecule is CNc1cccc(C(=O)NCC2CCCC(C)C2)n1. The molecule has 2 atom stereocenters. The Bertz CT molecular complexity index is 433. The molecule has 104 valence electrons. The van der Waals surface area contributed by atoms with E-state index in [9.17, 15) is 4.79 Å². The zero-order valence-corrected chi connectivity index (χ0v) is 11.8. The van der Waals surface area contributed by atoms with Crippen LogP contribution in [0.3, 0.4) is 0 Å². The second kappa shape index (κ2) is 6.55. The van der Waals surface area contributed by atoms with E-state index in [1.54, 1.807) is 13.1 Å². The van der Waals surface area contributed by atoms with E-state index in [4.69, 9.17) is 0 Å². The van der Waals surface area contributed by atoms with Crippen molar-refractivity contribution in [2.45, 2.75) is 32.6 Å². The molecule has 0 saturated heterocycles. The third kappa shape index (κ3) is 3.94. The molecule has 2 rings (SSSR count). The Balaban J connectivity index is 1.86. The van der Waals surface area contributed by atoms with Crippen molar-refractivity contribution in [3.05, 3.63) is 23.9 Å². The average Bonchev–Trinajstić information content (AvgIpc) is 2.45. The molecule has 0 radical (unpaired) electrons. The molecule has 1 heterocycles. The van der Waals surface area contributed by atoms with Crippen molar-refractivity contribution in [2.24, 2.45) is 11.8 Å². The van der Waals surface area contributed by atoms with Gasteiger partial charge in [0, 0.05) is 13.6 Å². The number of hydrogen-bond donors (Lipinski definition) is 2. The summed E-state index contributed by atoms with van der Waals surface area (Å²) in [5.41, 5.74) is 0.482. The maximum atomic E-state index is 12.0. The van der Waals surface area contributed by atoms with Gasteiger partial charge in [-0.3, -0.25) is 4.79 Å². The van der Waals surface area contributed by atoms with Crippen molar-refractivity contribution in [1.29, 1.82) is 0 Å². The van der Waals surface area contributed by atoms with Crippen LogP contribution in [-0.2, 0) is 0 Å². The topological polar surface area (TPSA) is 54.0 Å². The summed E-state index contributed by atoms with van der Waals surface area (Å²) in [4.78, 5) is 16.3. The standard InChI is InChI=1S/C15H23N3O/c1-11-5-3-6-12(9-11)10-17-15(19)13-7-4-8-14(16-2)18-13/h4,7-8,11-12H,3,5-6,9-10H2,1-2H3,(H,16,18)(H,17,19). The van der Waals surface area contributed by atoms with Gasteiger partial charge in [0.2, 0.25) is 0 Å². The lowest BCUT2D eigenvalue weighted by Gasteiger charge is -2.26. The van der Waals surface area contributed by atoms with Crippen molar-refractivity contribution >= 4 is 11.7 Å². The normalized spacial score (nSPS) is 22.8. The van der Waals surface area contributed by atoms with E-state index in [2.05, 4.69) is 22.5 Å². The molecule has 0 spiro atoms. The number of nitrogens with zero attached hydrogens (tertiary/aromatic N) is 1. The van der Waals surface area contributed by atoms with E-state index in [1.165, 1.54) is 25.7 Å². The van der Waals surface area contributed by atoms with Crippen LogP contribution in [-0.4, -0.2) is 24.5 Å². The molecule has 0 aromatic carbocycles. The molecule has 4 heteroatoms. The minimum absolute atomic E-state index is 0.0738. The molecule has 1 saturated carbocycles. The summed E-state index contributed by atoms with van der Waals surface area (Å²) in [6.45, 7) is 3.07. The quantitative estimate of drug-likeness (QED) is 0.876. The van der Waals surface area contributed by atoms with Gasteiger partial charge in [-0.2, -0.15) is 0 Å². The Hall–Kier alpha value is -1.58. The minimum atomic E-state index is -0.0738. The highest BCUT2D eigenvalue weighted by molar-refractivity contribution is 5.92. The lowest BCUT2D eigenvalue weighted by atomic mass is 9.82. The van der Waals surface area contributed by atoms with Crippen molar-refractivity contribution in [1.82, 2.24) is 10.3 Å². The minimum Gasteiger partial charge on any atom is -0.373 e. The van der Waals surface area contributed by atoms with Crippen LogP contribution < -0.4 is 10.6 Å². The van der Waals surface area contributed by atoms with Crippen LogP contribution >= 0.6 is 0 Å². The molecular weight excluding hydrogens is 238 g/mol. The van der Waals surface area contributed by atoms with E-state index in [0.29, 0.717) is 11.6 Å². The van der Waals surface area contributed by atoms with Crippen LogP contribution in [0.2, 0.25) is 0 Å². The molecule has 0 aliphatic heterocycles. The second-order valence-corrected chi connectivity index (χ2v) is 5.51. The van der Waals surface area contributed by atoms with Crippen molar-refractivity contribution in [2.75, 3.05) is 18.9 Å². The number of rotatable bonds is 4. The van der Waals surface area contributed by atoms with Crippen LogP contribution in [0.5, 0.6) is 0 Å². The molecule has 1 aliphatic rings. The largest absolute Gasteiger partial charge is 0.373 e. The van der Waals surface area contributed by atoms with E-state index >= 15 is 0 Å². The van der Waals surface area contributed by atoms with Gasteiger partial charge in [0.05, 0.1) is 0 Å². The highest BCUT2D eigenvalue weighted by Gasteiger charge is 2.19. The lowest BCUT2D eigenvalue weighted by Crippen LogP contribution is -2.32. The summed E-state index contributed by atoms with van der Waals surface area (Å²) < 4.78 is 0. The summed E-state index contributed by atoms with van der Waals surface area (Å²) in [5, 5.41) is 5.95. The van der Waals surface area contributed by atoms with Gasteiger partial charge in [0.15, 0.2) is 0 Å². The van der Waals surface area contributed by atoms with Gasteiger partial charge < -0.3 is 10.6 Å².